The van der Waals surface area contributed by atoms with Crippen molar-refractivity contribution in [3.63, 3.8) is 0 Å². The Bertz CT molecular complexity index is 882. The average Bonchev–Trinajstić information content (AvgIpc) is 2.52. The van der Waals surface area contributed by atoms with Gasteiger partial charge in [-0.1, -0.05) is 37.4 Å². The molecule has 0 heterocycles. The summed E-state index contributed by atoms with van der Waals surface area (Å²) >= 11 is 0. The van der Waals surface area contributed by atoms with E-state index in [4.69, 9.17) is 5.11 Å². The SMILES string of the molecule is C=C(O)/C=C(/C=N/NC(=O)c1cc2ccccc2cc1O)C(=C)O. The highest BCUT2D eigenvalue weighted by Gasteiger charge is 2.11. The third kappa shape index (κ3) is 4.01. The molecule has 0 saturated heterocycles. The number of hydrogen-bond donors (Lipinski definition) is 4. The lowest BCUT2D eigenvalue weighted by Crippen LogP contribution is -2.18. The molecule has 0 unspecified atom stereocenters. The molecule has 0 aliphatic rings. The average molecular weight is 324 g/mol. The Hall–Kier alpha value is -3.54. The van der Waals surface area contributed by atoms with Gasteiger partial charge in [-0.3, -0.25) is 4.79 Å². The van der Waals surface area contributed by atoms with E-state index < -0.39 is 5.91 Å². The van der Waals surface area contributed by atoms with Crippen molar-refractivity contribution in [1.82, 2.24) is 5.43 Å². The molecule has 4 N–H and O–H groups in total. The molecule has 0 saturated carbocycles. The molecule has 0 aliphatic heterocycles. The van der Waals surface area contributed by atoms with Gasteiger partial charge in [-0.2, -0.15) is 5.10 Å². The number of fused-ring (bicyclic) bond motifs is 1. The molecule has 0 bridgehead atoms. The molecule has 6 nitrogen and oxygen atoms in total. The molecule has 6 heteroatoms. The zero-order valence-corrected chi connectivity index (χ0v) is 12.7. The second-order valence-corrected chi connectivity index (χ2v) is 4.95. The smallest absolute Gasteiger partial charge is 0.275 e. The summed E-state index contributed by atoms with van der Waals surface area (Å²) in [5.74, 6) is -1.45. The van der Waals surface area contributed by atoms with Gasteiger partial charge in [-0.15, -0.1) is 0 Å². The number of hydrogen-bond acceptors (Lipinski definition) is 5. The number of carbonyl (C=O) groups is 1. The molecule has 0 aromatic heterocycles. The summed E-state index contributed by atoms with van der Waals surface area (Å²) in [6.07, 6.45) is 2.23. The molecule has 24 heavy (non-hydrogen) atoms. The van der Waals surface area contributed by atoms with Gasteiger partial charge in [0.25, 0.3) is 5.91 Å². The van der Waals surface area contributed by atoms with E-state index in [-0.39, 0.29) is 28.4 Å². The Kier molecular flexibility index (Phi) is 5.01. The maximum Gasteiger partial charge on any atom is 0.275 e. The summed E-state index contributed by atoms with van der Waals surface area (Å²) in [5.41, 5.74) is 2.36. The van der Waals surface area contributed by atoms with E-state index >= 15 is 0 Å². The number of rotatable bonds is 5. The first-order valence-corrected chi connectivity index (χ1v) is 6.91. The number of phenolic OH excluding ortho intramolecular Hbond substituents is 1. The van der Waals surface area contributed by atoms with Crippen LogP contribution < -0.4 is 5.43 Å². The van der Waals surface area contributed by atoms with Gasteiger partial charge < -0.3 is 15.3 Å². The molecule has 0 aliphatic carbocycles. The predicted molar refractivity (Wildman–Crippen MR) is 93.2 cm³/mol. The van der Waals surface area contributed by atoms with Crippen molar-refractivity contribution < 1.29 is 20.1 Å². The van der Waals surface area contributed by atoms with Crippen molar-refractivity contribution in [1.29, 1.82) is 0 Å². The van der Waals surface area contributed by atoms with Crippen LogP contribution in [0.5, 0.6) is 5.75 Å². The Morgan fingerprint density at radius 2 is 1.75 bits per heavy atom. The lowest BCUT2D eigenvalue weighted by molar-refractivity contribution is 0.0952. The van der Waals surface area contributed by atoms with Crippen LogP contribution in [0.4, 0.5) is 0 Å². The minimum absolute atomic E-state index is 0.0609. The number of aliphatic hydroxyl groups excluding tert-OH is 2. The number of benzene rings is 2. The van der Waals surface area contributed by atoms with Crippen LogP contribution >= 0.6 is 0 Å². The van der Waals surface area contributed by atoms with Gasteiger partial charge in [0, 0.05) is 5.57 Å². The van der Waals surface area contributed by atoms with Crippen LogP contribution in [0.2, 0.25) is 0 Å². The summed E-state index contributed by atoms with van der Waals surface area (Å²) in [5, 5.41) is 33.7. The Morgan fingerprint density at radius 3 is 2.33 bits per heavy atom. The Balaban J connectivity index is 2.21. The number of aromatic hydroxyl groups is 1. The van der Waals surface area contributed by atoms with Crippen LogP contribution in [-0.2, 0) is 0 Å². The Morgan fingerprint density at radius 1 is 1.12 bits per heavy atom. The van der Waals surface area contributed by atoms with Crippen LogP contribution in [0, 0.1) is 0 Å². The van der Waals surface area contributed by atoms with Crippen LogP contribution in [-0.4, -0.2) is 27.4 Å². The largest absolute Gasteiger partial charge is 0.509 e. The predicted octanol–water partition coefficient (Wildman–Crippen LogP) is 3.33. The number of allylic oxidation sites excluding steroid dienone is 2. The highest BCUT2D eigenvalue weighted by molar-refractivity contribution is 6.01. The van der Waals surface area contributed by atoms with Crippen LogP contribution in [0.25, 0.3) is 10.8 Å². The fourth-order valence-corrected chi connectivity index (χ4v) is 2.01. The van der Waals surface area contributed by atoms with E-state index in [2.05, 4.69) is 23.7 Å². The van der Waals surface area contributed by atoms with Crippen LogP contribution in [0.15, 0.2) is 77.8 Å². The van der Waals surface area contributed by atoms with Gasteiger partial charge in [-0.05, 0) is 29.0 Å². The van der Waals surface area contributed by atoms with Crippen LogP contribution in [0.3, 0.4) is 0 Å². The Labute approximate surface area is 138 Å². The first kappa shape index (κ1) is 16.8. The van der Waals surface area contributed by atoms with Gasteiger partial charge in [0.2, 0.25) is 0 Å². The number of hydrazone groups is 1. The third-order valence-electron chi connectivity index (χ3n) is 3.13. The number of phenols is 1. The highest BCUT2D eigenvalue weighted by Crippen LogP contribution is 2.24. The molecule has 0 spiro atoms. The number of aliphatic hydroxyl groups is 2. The number of nitrogens with one attached hydrogen (secondary N) is 1. The number of amides is 1. The molecule has 2 rings (SSSR count). The standard InChI is InChI=1S/C18H16N2O4/c1-11(21)7-15(12(2)22)10-19-20-18(24)16-8-13-5-3-4-6-14(13)9-17(16)23/h3-10,21-23H,1-2H2,(H,20,24)/b15-7-,19-10+. The molecule has 1 amide bonds. The highest BCUT2D eigenvalue weighted by atomic mass is 16.3. The molecule has 0 fully saturated rings. The summed E-state index contributed by atoms with van der Waals surface area (Å²) in [6, 6.07) is 10.3. The molecule has 2 aromatic rings. The van der Waals surface area contributed by atoms with Crippen LogP contribution in [0.1, 0.15) is 10.4 Å². The zero-order valence-electron chi connectivity index (χ0n) is 12.7. The van der Waals surface area contributed by atoms with E-state index in [1.807, 2.05) is 24.3 Å². The van der Waals surface area contributed by atoms with Crippen molar-refractivity contribution in [3.05, 3.63) is 78.3 Å². The summed E-state index contributed by atoms with van der Waals surface area (Å²) in [4.78, 5) is 12.1. The molecule has 122 valence electrons. The number of nitrogens with zero attached hydrogens (tertiary/aromatic N) is 1. The van der Waals surface area contributed by atoms with E-state index in [1.54, 1.807) is 6.07 Å². The minimum Gasteiger partial charge on any atom is -0.509 e. The zero-order chi connectivity index (χ0) is 17.7. The van der Waals surface area contributed by atoms with E-state index in [1.165, 1.54) is 6.07 Å². The van der Waals surface area contributed by atoms with E-state index in [0.29, 0.717) is 0 Å². The summed E-state index contributed by atoms with van der Waals surface area (Å²) in [7, 11) is 0. The van der Waals surface area contributed by atoms with Crippen molar-refractivity contribution in [2.45, 2.75) is 0 Å². The monoisotopic (exact) mass is 324 g/mol. The second-order valence-electron chi connectivity index (χ2n) is 4.95. The van der Waals surface area contributed by atoms with Gasteiger partial charge in [0.15, 0.2) is 0 Å². The quantitative estimate of drug-likeness (QED) is 0.293. The fourth-order valence-electron chi connectivity index (χ4n) is 2.01. The minimum atomic E-state index is -0.625. The molecule has 0 radical (unpaired) electrons. The lowest BCUT2D eigenvalue weighted by atomic mass is 10.1. The van der Waals surface area contributed by atoms with Gasteiger partial charge >= 0.3 is 0 Å². The summed E-state index contributed by atoms with van der Waals surface area (Å²) in [6.45, 7) is 6.56. The van der Waals surface area contributed by atoms with E-state index in [9.17, 15) is 15.0 Å². The summed E-state index contributed by atoms with van der Waals surface area (Å²) < 4.78 is 0. The maximum absolute atomic E-state index is 12.1. The topological polar surface area (TPSA) is 102 Å². The molecular weight excluding hydrogens is 308 g/mol. The third-order valence-corrected chi connectivity index (χ3v) is 3.13. The maximum atomic E-state index is 12.1. The van der Waals surface area contributed by atoms with Crippen molar-refractivity contribution in [3.8, 4) is 5.75 Å². The second kappa shape index (κ2) is 7.15. The van der Waals surface area contributed by atoms with Crippen molar-refractivity contribution in [2.75, 3.05) is 0 Å². The first-order valence-electron chi connectivity index (χ1n) is 6.91. The molecule has 0 atom stereocenters. The van der Waals surface area contributed by atoms with Crippen molar-refractivity contribution in [2.24, 2.45) is 5.10 Å². The molecule has 2 aromatic carbocycles. The fraction of sp³-hybridized carbons (Fsp3) is 0. The van der Waals surface area contributed by atoms with Gasteiger partial charge in [0.1, 0.15) is 17.3 Å². The van der Waals surface area contributed by atoms with E-state index in [0.717, 1.165) is 23.1 Å². The normalized spacial score (nSPS) is 11.6. The van der Waals surface area contributed by atoms with Gasteiger partial charge in [0.05, 0.1) is 11.8 Å². The first-order chi connectivity index (χ1) is 11.4. The lowest BCUT2D eigenvalue weighted by Gasteiger charge is -2.06. The number of carbonyl (C=O) groups excluding carboxylic acids is 1. The van der Waals surface area contributed by atoms with Crippen molar-refractivity contribution >= 4 is 22.9 Å². The molecular formula is C18H16N2O4. The van der Waals surface area contributed by atoms with Gasteiger partial charge in [-0.25, -0.2) is 5.43 Å².